The lowest BCUT2D eigenvalue weighted by atomic mass is 10.3. The minimum absolute atomic E-state index is 0.238. The molecule has 19 heavy (non-hydrogen) atoms. The fourth-order valence-electron chi connectivity index (χ4n) is 2.12. The monoisotopic (exact) mass is 302 g/mol. The van der Waals surface area contributed by atoms with Gasteiger partial charge < -0.3 is 5.32 Å². The highest BCUT2D eigenvalue weighted by molar-refractivity contribution is 7.91. The highest BCUT2D eigenvalue weighted by Gasteiger charge is 2.37. The Morgan fingerprint density at radius 1 is 1.37 bits per heavy atom. The van der Waals surface area contributed by atoms with E-state index in [4.69, 9.17) is 0 Å². The van der Waals surface area contributed by atoms with E-state index in [-0.39, 0.29) is 6.04 Å². The van der Waals surface area contributed by atoms with Crippen molar-refractivity contribution in [2.45, 2.75) is 43.4 Å². The summed E-state index contributed by atoms with van der Waals surface area (Å²) in [6.07, 6.45) is 2.90. The maximum absolute atomic E-state index is 12.5. The largest absolute Gasteiger partial charge is 0.317 e. The molecule has 1 aliphatic rings. The van der Waals surface area contributed by atoms with Crippen molar-refractivity contribution in [3.8, 4) is 0 Å². The van der Waals surface area contributed by atoms with Gasteiger partial charge in [-0.3, -0.25) is 0 Å². The molecule has 1 aromatic heterocycles. The van der Waals surface area contributed by atoms with E-state index >= 15 is 0 Å². The van der Waals surface area contributed by atoms with E-state index in [2.05, 4.69) is 12.2 Å². The number of nitrogens with zero attached hydrogens (tertiary/aromatic N) is 1. The van der Waals surface area contributed by atoms with E-state index in [1.807, 2.05) is 13.0 Å². The first kappa shape index (κ1) is 15.0. The van der Waals surface area contributed by atoms with E-state index in [9.17, 15) is 8.42 Å². The third-order valence-corrected chi connectivity index (χ3v) is 6.90. The summed E-state index contributed by atoms with van der Waals surface area (Å²) in [5.74, 6) is 0. The molecule has 4 nitrogen and oxygen atoms in total. The fourth-order valence-corrected chi connectivity index (χ4v) is 5.30. The first-order valence-corrected chi connectivity index (χ1v) is 9.16. The van der Waals surface area contributed by atoms with Gasteiger partial charge in [0, 0.05) is 17.5 Å². The highest BCUT2D eigenvalue weighted by atomic mass is 32.2. The Morgan fingerprint density at radius 2 is 2.11 bits per heavy atom. The lowest BCUT2D eigenvalue weighted by Crippen LogP contribution is -2.32. The molecule has 0 unspecified atom stereocenters. The lowest BCUT2D eigenvalue weighted by molar-refractivity contribution is 0.422. The zero-order chi connectivity index (χ0) is 13.9. The molecule has 0 bridgehead atoms. The van der Waals surface area contributed by atoms with Crippen molar-refractivity contribution in [3.63, 3.8) is 0 Å². The number of hydrogen-bond acceptors (Lipinski definition) is 4. The van der Waals surface area contributed by atoms with Gasteiger partial charge in [0.1, 0.15) is 4.21 Å². The molecule has 1 N–H and O–H groups in total. The van der Waals surface area contributed by atoms with Crippen molar-refractivity contribution < 1.29 is 8.42 Å². The summed E-state index contributed by atoms with van der Waals surface area (Å²) in [5, 5.41) is 3.25. The molecular weight excluding hydrogens is 280 g/mol. The molecule has 1 heterocycles. The SMILES string of the molecule is CCNCCc1ccc(S(=O)(=O)N(CC)C2CC2)s1. The van der Waals surface area contributed by atoms with Crippen LogP contribution in [0.4, 0.5) is 0 Å². The molecule has 2 rings (SSSR count). The van der Waals surface area contributed by atoms with Gasteiger partial charge in [0.05, 0.1) is 0 Å². The molecule has 0 amide bonds. The normalized spacial score (nSPS) is 16.2. The van der Waals surface area contributed by atoms with Gasteiger partial charge in [-0.1, -0.05) is 13.8 Å². The van der Waals surface area contributed by atoms with Crippen molar-refractivity contribution in [1.82, 2.24) is 9.62 Å². The number of nitrogens with one attached hydrogen (secondary N) is 1. The second-order valence-corrected chi connectivity index (χ2v) is 8.05. The van der Waals surface area contributed by atoms with Crippen LogP contribution >= 0.6 is 11.3 Å². The Morgan fingerprint density at radius 3 is 2.68 bits per heavy atom. The Balaban J connectivity index is 2.07. The zero-order valence-corrected chi connectivity index (χ0v) is 13.2. The van der Waals surface area contributed by atoms with Crippen molar-refractivity contribution in [3.05, 3.63) is 17.0 Å². The first-order chi connectivity index (χ1) is 9.09. The molecule has 1 saturated carbocycles. The predicted octanol–water partition coefficient (Wildman–Crippen LogP) is 2.07. The minimum Gasteiger partial charge on any atom is -0.317 e. The number of rotatable bonds is 8. The maximum atomic E-state index is 12.5. The molecule has 0 spiro atoms. The summed E-state index contributed by atoms with van der Waals surface area (Å²) < 4.78 is 27.2. The van der Waals surface area contributed by atoms with Gasteiger partial charge in [-0.15, -0.1) is 11.3 Å². The number of thiophene rings is 1. The van der Waals surface area contributed by atoms with Crippen LogP contribution in [0.1, 0.15) is 31.6 Å². The van der Waals surface area contributed by atoms with Gasteiger partial charge in [0.2, 0.25) is 0 Å². The highest BCUT2D eigenvalue weighted by Crippen LogP contribution is 2.34. The number of hydrogen-bond donors (Lipinski definition) is 1. The van der Waals surface area contributed by atoms with Crippen LogP contribution in [-0.2, 0) is 16.4 Å². The quantitative estimate of drug-likeness (QED) is 0.748. The van der Waals surface area contributed by atoms with Crippen molar-refractivity contribution in [2.75, 3.05) is 19.6 Å². The molecule has 0 atom stereocenters. The molecule has 108 valence electrons. The van der Waals surface area contributed by atoms with Crippen molar-refractivity contribution in [1.29, 1.82) is 0 Å². The first-order valence-electron chi connectivity index (χ1n) is 6.90. The Hall–Kier alpha value is -0.430. The van der Waals surface area contributed by atoms with E-state index in [1.165, 1.54) is 11.3 Å². The van der Waals surface area contributed by atoms with Crippen LogP contribution in [0.3, 0.4) is 0 Å². The van der Waals surface area contributed by atoms with Crippen LogP contribution in [0.15, 0.2) is 16.3 Å². The van der Waals surface area contributed by atoms with Crippen molar-refractivity contribution >= 4 is 21.4 Å². The van der Waals surface area contributed by atoms with Crippen LogP contribution in [-0.4, -0.2) is 38.4 Å². The standard InChI is InChI=1S/C13H22N2O2S2/c1-3-14-10-9-12-7-8-13(18-12)19(16,17)15(4-2)11-5-6-11/h7-8,11,14H,3-6,9-10H2,1-2H3. The van der Waals surface area contributed by atoms with Crippen LogP contribution in [0.2, 0.25) is 0 Å². The average molecular weight is 302 g/mol. The Kier molecular flexibility index (Phi) is 5.00. The summed E-state index contributed by atoms with van der Waals surface area (Å²) in [7, 11) is -3.27. The fraction of sp³-hybridized carbons (Fsp3) is 0.692. The van der Waals surface area contributed by atoms with Crippen molar-refractivity contribution in [2.24, 2.45) is 0 Å². The molecule has 0 aliphatic heterocycles. The molecule has 1 aliphatic carbocycles. The van der Waals surface area contributed by atoms with E-state index < -0.39 is 10.0 Å². The molecule has 0 aromatic carbocycles. The van der Waals surface area contributed by atoms with Crippen LogP contribution < -0.4 is 5.32 Å². The molecule has 1 fully saturated rings. The van der Waals surface area contributed by atoms with E-state index in [0.29, 0.717) is 10.8 Å². The molecule has 0 radical (unpaired) electrons. The Labute approximate surface area is 119 Å². The summed E-state index contributed by atoms with van der Waals surface area (Å²) >= 11 is 1.41. The summed E-state index contributed by atoms with van der Waals surface area (Å²) in [5.41, 5.74) is 0. The van der Waals surface area contributed by atoms with Gasteiger partial charge in [0.15, 0.2) is 0 Å². The van der Waals surface area contributed by atoms with Crippen LogP contribution in [0, 0.1) is 0 Å². The topological polar surface area (TPSA) is 49.4 Å². The number of sulfonamides is 1. The smallest absolute Gasteiger partial charge is 0.252 e. The summed E-state index contributed by atoms with van der Waals surface area (Å²) in [6, 6.07) is 3.93. The van der Waals surface area contributed by atoms with Gasteiger partial charge in [-0.2, -0.15) is 4.31 Å². The zero-order valence-electron chi connectivity index (χ0n) is 11.6. The van der Waals surface area contributed by atoms with Gasteiger partial charge in [-0.25, -0.2) is 8.42 Å². The van der Waals surface area contributed by atoms with Gasteiger partial charge in [-0.05, 0) is 44.5 Å². The van der Waals surface area contributed by atoms with Crippen LogP contribution in [0.5, 0.6) is 0 Å². The minimum atomic E-state index is -3.27. The van der Waals surface area contributed by atoms with E-state index in [1.54, 1.807) is 10.4 Å². The third kappa shape index (κ3) is 3.56. The lowest BCUT2D eigenvalue weighted by Gasteiger charge is -2.18. The third-order valence-electron chi connectivity index (χ3n) is 3.26. The summed E-state index contributed by atoms with van der Waals surface area (Å²) in [6.45, 7) is 6.39. The van der Waals surface area contributed by atoms with Gasteiger partial charge in [0.25, 0.3) is 10.0 Å². The second kappa shape index (κ2) is 6.35. The predicted molar refractivity (Wildman–Crippen MR) is 79.2 cm³/mol. The summed E-state index contributed by atoms with van der Waals surface area (Å²) in [4.78, 5) is 1.13. The average Bonchev–Trinajstić information content (AvgIpc) is 3.07. The maximum Gasteiger partial charge on any atom is 0.252 e. The number of likely N-dealkylation sites (N-methyl/N-ethyl adjacent to an activating group) is 1. The molecule has 1 aromatic rings. The molecular formula is C13H22N2O2S2. The molecule has 6 heteroatoms. The second-order valence-electron chi connectivity index (χ2n) is 4.76. The Bertz CT molecular complexity index is 506. The molecule has 0 saturated heterocycles. The van der Waals surface area contributed by atoms with E-state index in [0.717, 1.165) is 37.2 Å². The van der Waals surface area contributed by atoms with Gasteiger partial charge >= 0.3 is 0 Å². The van der Waals surface area contributed by atoms with Crippen LogP contribution in [0.25, 0.3) is 0 Å².